The summed E-state index contributed by atoms with van der Waals surface area (Å²) < 4.78 is 10.6. The van der Waals surface area contributed by atoms with Gasteiger partial charge in [-0.2, -0.15) is 0 Å². The van der Waals surface area contributed by atoms with Gasteiger partial charge in [0.05, 0.1) is 24.7 Å². The molecule has 0 amide bonds. The molecule has 0 spiro atoms. The molecule has 2 rings (SSSR count). The van der Waals surface area contributed by atoms with Crippen molar-refractivity contribution in [3.63, 3.8) is 0 Å². The fourth-order valence-corrected chi connectivity index (χ4v) is 3.48. The van der Waals surface area contributed by atoms with Crippen LogP contribution >= 0.6 is 11.6 Å². The van der Waals surface area contributed by atoms with Crippen LogP contribution in [0.25, 0.3) is 0 Å². The smallest absolute Gasteiger partial charge is 0.314 e. The van der Waals surface area contributed by atoms with Gasteiger partial charge in [0.1, 0.15) is 0 Å². The Morgan fingerprint density at radius 2 is 1.80 bits per heavy atom. The van der Waals surface area contributed by atoms with Crippen LogP contribution in [0.1, 0.15) is 36.8 Å². The van der Waals surface area contributed by atoms with E-state index in [2.05, 4.69) is 0 Å². The van der Waals surface area contributed by atoms with Crippen LogP contribution in [-0.4, -0.2) is 25.3 Å². The quantitative estimate of drug-likeness (QED) is 0.923. The molecule has 1 aromatic carbocycles. The number of carboxylic acids is 1. The van der Waals surface area contributed by atoms with Gasteiger partial charge in [-0.05, 0) is 37.0 Å². The summed E-state index contributed by atoms with van der Waals surface area (Å²) in [6.45, 7) is 1.86. The van der Waals surface area contributed by atoms with Crippen molar-refractivity contribution in [2.75, 3.05) is 14.2 Å². The molecule has 0 aliphatic heterocycles. The summed E-state index contributed by atoms with van der Waals surface area (Å²) in [7, 11) is 3.05. The van der Waals surface area contributed by atoms with E-state index in [1.165, 1.54) is 14.2 Å². The molecule has 4 nitrogen and oxygen atoms in total. The first kappa shape index (κ1) is 15.0. The second-order valence-electron chi connectivity index (χ2n) is 5.19. The zero-order valence-corrected chi connectivity index (χ0v) is 12.7. The number of carboxylic acid groups (broad SMARTS) is 1. The minimum atomic E-state index is -0.854. The van der Waals surface area contributed by atoms with Gasteiger partial charge < -0.3 is 14.6 Å². The van der Waals surface area contributed by atoms with Gasteiger partial charge in [0.25, 0.3) is 0 Å². The fourth-order valence-electron chi connectivity index (χ4n) is 3.21. The van der Waals surface area contributed by atoms with E-state index in [0.29, 0.717) is 29.4 Å². The van der Waals surface area contributed by atoms with Crippen molar-refractivity contribution in [3.05, 3.63) is 22.2 Å². The van der Waals surface area contributed by atoms with Gasteiger partial charge in [-0.3, -0.25) is 4.79 Å². The second-order valence-corrected chi connectivity index (χ2v) is 5.60. The molecule has 20 heavy (non-hydrogen) atoms. The Balaban J connectivity index is 2.68. The fraction of sp³-hybridized carbons (Fsp3) is 0.533. The van der Waals surface area contributed by atoms with Gasteiger partial charge in [0, 0.05) is 0 Å². The lowest BCUT2D eigenvalue weighted by Gasteiger charge is -2.28. The number of carbonyl (C=O) groups is 1. The summed E-state index contributed by atoms with van der Waals surface area (Å²) in [4.78, 5) is 11.8. The SMILES string of the molecule is COc1c(Cl)cc(C2(C(=O)O)CCCC2)c(C)c1OC. The Morgan fingerprint density at radius 3 is 2.25 bits per heavy atom. The normalized spacial score (nSPS) is 17.0. The highest BCUT2D eigenvalue weighted by Crippen LogP contribution is 2.48. The molecule has 0 radical (unpaired) electrons. The molecule has 0 bridgehead atoms. The van der Waals surface area contributed by atoms with E-state index in [-0.39, 0.29) is 0 Å². The molecule has 1 fully saturated rings. The molecule has 0 atom stereocenters. The lowest BCUT2D eigenvalue weighted by molar-refractivity contribution is -0.143. The van der Waals surface area contributed by atoms with E-state index in [0.717, 1.165) is 24.0 Å². The van der Waals surface area contributed by atoms with Crippen molar-refractivity contribution in [1.82, 2.24) is 0 Å². The highest BCUT2D eigenvalue weighted by atomic mass is 35.5. The summed E-state index contributed by atoms with van der Waals surface area (Å²) in [5.41, 5.74) is 0.677. The molecule has 1 aliphatic carbocycles. The molecule has 0 unspecified atom stereocenters. The van der Waals surface area contributed by atoms with Crippen LogP contribution in [0.3, 0.4) is 0 Å². The number of ether oxygens (including phenoxy) is 2. The lowest BCUT2D eigenvalue weighted by Crippen LogP contribution is -2.33. The van der Waals surface area contributed by atoms with Crippen LogP contribution in [0.5, 0.6) is 11.5 Å². The van der Waals surface area contributed by atoms with Crippen molar-refractivity contribution in [1.29, 1.82) is 0 Å². The van der Waals surface area contributed by atoms with E-state index in [1.54, 1.807) is 6.07 Å². The Labute approximate surface area is 123 Å². The first-order valence-corrected chi connectivity index (χ1v) is 7.00. The van der Waals surface area contributed by atoms with Crippen molar-refractivity contribution in [2.24, 2.45) is 0 Å². The van der Waals surface area contributed by atoms with Crippen LogP contribution in [-0.2, 0) is 10.2 Å². The molecular weight excluding hydrogens is 280 g/mol. The van der Waals surface area contributed by atoms with Gasteiger partial charge in [-0.1, -0.05) is 24.4 Å². The van der Waals surface area contributed by atoms with Crippen molar-refractivity contribution in [3.8, 4) is 11.5 Å². The number of hydrogen-bond donors (Lipinski definition) is 1. The zero-order chi connectivity index (χ0) is 14.9. The standard InChI is InChI=1S/C15H19ClO4/c1-9-10(15(14(17)18)6-4-5-7-15)8-11(16)13(20-3)12(9)19-2/h8H,4-7H2,1-3H3,(H,17,18). The predicted octanol–water partition coefficient (Wildman–Crippen LogP) is 3.56. The number of methoxy groups -OCH3 is 2. The third kappa shape index (κ3) is 2.12. The minimum absolute atomic E-state index is 0.387. The van der Waals surface area contributed by atoms with E-state index in [9.17, 15) is 9.90 Å². The Kier molecular flexibility index (Phi) is 4.14. The largest absolute Gasteiger partial charge is 0.493 e. The van der Waals surface area contributed by atoms with Crippen molar-refractivity contribution in [2.45, 2.75) is 38.0 Å². The molecule has 1 aromatic rings. The van der Waals surface area contributed by atoms with Gasteiger partial charge in [-0.25, -0.2) is 0 Å². The zero-order valence-electron chi connectivity index (χ0n) is 12.0. The maximum atomic E-state index is 11.8. The minimum Gasteiger partial charge on any atom is -0.493 e. The Hall–Kier alpha value is -1.42. The lowest BCUT2D eigenvalue weighted by atomic mass is 9.76. The Morgan fingerprint density at radius 1 is 1.25 bits per heavy atom. The molecule has 1 aliphatic rings. The average molecular weight is 299 g/mol. The van der Waals surface area contributed by atoms with Crippen LogP contribution in [0, 0.1) is 6.92 Å². The number of hydrogen-bond acceptors (Lipinski definition) is 3. The topological polar surface area (TPSA) is 55.8 Å². The van der Waals surface area contributed by atoms with Gasteiger partial charge in [-0.15, -0.1) is 0 Å². The number of rotatable bonds is 4. The van der Waals surface area contributed by atoms with E-state index in [1.807, 2.05) is 6.92 Å². The van der Waals surface area contributed by atoms with E-state index < -0.39 is 11.4 Å². The molecule has 1 N–H and O–H groups in total. The molecule has 5 heteroatoms. The molecule has 110 valence electrons. The molecular formula is C15H19ClO4. The number of benzene rings is 1. The van der Waals surface area contributed by atoms with Crippen molar-refractivity contribution < 1.29 is 19.4 Å². The van der Waals surface area contributed by atoms with Crippen LogP contribution < -0.4 is 9.47 Å². The van der Waals surface area contributed by atoms with E-state index >= 15 is 0 Å². The molecule has 1 saturated carbocycles. The number of halogens is 1. The van der Waals surface area contributed by atoms with Gasteiger partial charge in [0.2, 0.25) is 0 Å². The van der Waals surface area contributed by atoms with E-state index in [4.69, 9.17) is 21.1 Å². The first-order valence-electron chi connectivity index (χ1n) is 6.63. The highest BCUT2D eigenvalue weighted by Gasteiger charge is 2.45. The third-order valence-corrected chi connectivity index (χ3v) is 4.51. The maximum absolute atomic E-state index is 11.8. The predicted molar refractivity (Wildman–Crippen MR) is 77.1 cm³/mol. The van der Waals surface area contributed by atoms with Crippen LogP contribution in [0.15, 0.2) is 6.07 Å². The molecule has 0 heterocycles. The Bertz CT molecular complexity index is 533. The van der Waals surface area contributed by atoms with Gasteiger partial charge >= 0.3 is 5.97 Å². The maximum Gasteiger partial charge on any atom is 0.314 e. The van der Waals surface area contributed by atoms with Gasteiger partial charge in [0.15, 0.2) is 11.5 Å². The summed E-state index contributed by atoms with van der Waals surface area (Å²) >= 11 is 6.23. The highest BCUT2D eigenvalue weighted by molar-refractivity contribution is 6.32. The first-order chi connectivity index (χ1) is 9.47. The number of aliphatic carboxylic acids is 1. The average Bonchev–Trinajstić information content (AvgIpc) is 2.91. The summed E-state index contributed by atoms with van der Waals surface area (Å²) in [5, 5.41) is 10.1. The summed E-state index contributed by atoms with van der Waals surface area (Å²) in [6.07, 6.45) is 3.10. The van der Waals surface area contributed by atoms with Crippen LogP contribution in [0.2, 0.25) is 5.02 Å². The third-order valence-electron chi connectivity index (χ3n) is 4.23. The molecule has 0 aromatic heterocycles. The van der Waals surface area contributed by atoms with Crippen LogP contribution in [0.4, 0.5) is 0 Å². The monoisotopic (exact) mass is 298 g/mol. The molecule has 0 saturated heterocycles. The summed E-state index contributed by atoms with van der Waals surface area (Å²) in [5.74, 6) is 0.179. The van der Waals surface area contributed by atoms with Crippen molar-refractivity contribution >= 4 is 17.6 Å². The summed E-state index contributed by atoms with van der Waals surface area (Å²) in [6, 6.07) is 1.72. The second kappa shape index (κ2) is 5.52.